The van der Waals surface area contributed by atoms with Crippen LogP contribution in [-0.2, 0) is 11.8 Å². The van der Waals surface area contributed by atoms with E-state index in [2.05, 4.69) is 58.0 Å². The van der Waals surface area contributed by atoms with Gasteiger partial charge in [0, 0.05) is 0 Å². The Morgan fingerprint density at radius 3 is 1.52 bits per heavy atom. The molecular weight excluding hydrogens is 404 g/mol. The van der Waals surface area contributed by atoms with E-state index in [1.807, 2.05) is 24.3 Å². The first-order valence-electron chi connectivity index (χ1n) is 12.4. The summed E-state index contributed by atoms with van der Waals surface area (Å²) in [4.78, 5) is 0. The van der Waals surface area contributed by atoms with Gasteiger partial charge in [-0.05, 0) is 47.6 Å². The minimum absolute atomic E-state index is 0.0331. The van der Waals surface area contributed by atoms with Crippen LogP contribution in [0.4, 0.5) is 0 Å². The average Bonchev–Trinajstić information content (AvgIpc) is 2.80. The number of hydrogen-bond acceptors (Lipinski definition) is 2. The Hall–Kier alpha value is -2.74. The highest BCUT2D eigenvalue weighted by Crippen LogP contribution is 2.29. The number of rotatable bonds is 8. The maximum absolute atomic E-state index is 9.45. The Labute approximate surface area is 202 Å². The van der Waals surface area contributed by atoms with Crippen molar-refractivity contribution in [2.24, 2.45) is 0 Å². The van der Waals surface area contributed by atoms with Crippen molar-refractivity contribution in [1.29, 1.82) is 0 Å². The zero-order valence-electron chi connectivity index (χ0n) is 21.1. The Bertz CT molecular complexity index is 836. The zero-order chi connectivity index (χ0) is 24.4. The fourth-order valence-electron chi connectivity index (χ4n) is 3.47. The highest BCUT2D eigenvalue weighted by atomic mass is 16.3. The normalized spacial score (nSPS) is 10.4. The van der Waals surface area contributed by atoms with E-state index in [0.29, 0.717) is 11.5 Å². The SMILES string of the molecule is CC(C)(C)c1ccccc1O.CCCCCCCCCc1ccccc1.Oc1ccccc1. The van der Waals surface area contributed by atoms with Gasteiger partial charge in [0.2, 0.25) is 0 Å². The predicted molar refractivity (Wildman–Crippen MR) is 143 cm³/mol. The molecule has 0 atom stereocenters. The van der Waals surface area contributed by atoms with Crippen LogP contribution in [0.1, 0.15) is 83.8 Å². The van der Waals surface area contributed by atoms with Gasteiger partial charge in [0.1, 0.15) is 11.5 Å². The highest BCUT2D eigenvalue weighted by molar-refractivity contribution is 5.36. The molecule has 3 rings (SSSR count). The summed E-state index contributed by atoms with van der Waals surface area (Å²) in [5, 5.41) is 18.1. The van der Waals surface area contributed by atoms with E-state index in [4.69, 9.17) is 5.11 Å². The molecule has 0 aliphatic rings. The quantitative estimate of drug-likeness (QED) is 0.337. The van der Waals surface area contributed by atoms with Gasteiger partial charge >= 0.3 is 0 Å². The average molecular weight is 449 g/mol. The number of unbranched alkanes of at least 4 members (excludes halogenated alkanes) is 6. The molecule has 2 N–H and O–H groups in total. The van der Waals surface area contributed by atoms with Crippen LogP contribution in [0.2, 0.25) is 0 Å². The highest BCUT2D eigenvalue weighted by Gasteiger charge is 2.16. The second-order valence-corrected chi connectivity index (χ2v) is 9.46. The van der Waals surface area contributed by atoms with Crippen molar-refractivity contribution in [1.82, 2.24) is 0 Å². The summed E-state index contributed by atoms with van der Waals surface area (Å²) in [6.45, 7) is 8.53. The van der Waals surface area contributed by atoms with E-state index in [0.717, 1.165) is 5.56 Å². The fraction of sp³-hybridized carbons (Fsp3) is 0.419. The van der Waals surface area contributed by atoms with Gasteiger partial charge in [-0.1, -0.05) is 133 Å². The summed E-state index contributed by atoms with van der Waals surface area (Å²) in [7, 11) is 0. The molecule has 0 bridgehead atoms. The zero-order valence-corrected chi connectivity index (χ0v) is 21.1. The van der Waals surface area contributed by atoms with E-state index < -0.39 is 0 Å². The van der Waals surface area contributed by atoms with Gasteiger partial charge in [0.25, 0.3) is 0 Å². The minimum atomic E-state index is 0.0331. The summed E-state index contributed by atoms with van der Waals surface area (Å²) < 4.78 is 0. The molecule has 0 amide bonds. The van der Waals surface area contributed by atoms with E-state index in [9.17, 15) is 5.11 Å². The maximum Gasteiger partial charge on any atom is 0.119 e. The molecule has 0 fully saturated rings. The number of para-hydroxylation sites is 2. The standard InChI is InChI=1S/C15H24.C10H14O.C6H6O/c1-2-3-4-5-6-7-9-12-15-13-10-8-11-14-15;1-10(2,3)8-6-4-5-7-9(8)11;7-6-4-2-1-3-5-6/h8,10-11,13-14H,2-7,9,12H2,1H3;4-7,11H,1-3H3;1-5,7H. The van der Waals surface area contributed by atoms with Crippen LogP contribution in [0.15, 0.2) is 84.9 Å². The first-order chi connectivity index (χ1) is 15.8. The lowest BCUT2D eigenvalue weighted by molar-refractivity contribution is 0.447. The van der Waals surface area contributed by atoms with Gasteiger partial charge in [-0.25, -0.2) is 0 Å². The smallest absolute Gasteiger partial charge is 0.119 e. The molecule has 0 radical (unpaired) electrons. The molecular formula is C31H44O2. The Balaban J connectivity index is 0.000000264. The summed E-state index contributed by atoms with van der Waals surface area (Å²) in [5.74, 6) is 0.711. The predicted octanol–water partition coefficient (Wildman–Crippen LogP) is 9.06. The summed E-state index contributed by atoms with van der Waals surface area (Å²) >= 11 is 0. The number of phenols is 2. The van der Waals surface area contributed by atoms with Gasteiger partial charge in [0.05, 0.1) is 0 Å². The van der Waals surface area contributed by atoms with Crippen molar-refractivity contribution in [3.8, 4) is 11.5 Å². The van der Waals surface area contributed by atoms with E-state index in [1.165, 1.54) is 56.9 Å². The number of hydrogen-bond donors (Lipinski definition) is 2. The van der Waals surface area contributed by atoms with Crippen molar-refractivity contribution < 1.29 is 10.2 Å². The number of aryl methyl sites for hydroxylation is 1. The van der Waals surface area contributed by atoms with Crippen LogP contribution in [-0.4, -0.2) is 10.2 Å². The van der Waals surface area contributed by atoms with E-state index >= 15 is 0 Å². The summed E-state index contributed by atoms with van der Waals surface area (Å²) in [6, 6.07) is 27.0. The lowest BCUT2D eigenvalue weighted by Gasteiger charge is -2.19. The Kier molecular flexibility index (Phi) is 14.4. The molecule has 0 spiro atoms. The van der Waals surface area contributed by atoms with Crippen molar-refractivity contribution >= 4 is 0 Å². The summed E-state index contributed by atoms with van der Waals surface area (Å²) in [5.41, 5.74) is 2.52. The van der Waals surface area contributed by atoms with Crippen LogP contribution >= 0.6 is 0 Å². The molecule has 3 aromatic rings. The number of benzene rings is 3. The second-order valence-electron chi connectivity index (χ2n) is 9.46. The first-order valence-corrected chi connectivity index (χ1v) is 12.4. The minimum Gasteiger partial charge on any atom is -0.508 e. The molecule has 3 aromatic carbocycles. The molecule has 33 heavy (non-hydrogen) atoms. The first kappa shape index (κ1) is 28.3. The molecule has 0 aliphatic heterocycles. The Morgan fingerprint density at radius 1 is 0.576 bits per heavy atom. The van der Waals surface area contributed by atoms with Gasteiger partial charge in [-0.3, -0.25) is 0 Å². The van der Waals surface area contributed by atoms with Crippen molar-refractivity contribution in [2.45, 2.75) is 84.5 Å². The van der Waals surface area contributed by atoms with Crippen molar-refractivity contribution in [3.63, 3.8) is 0 Å². The monoisotopic (exact) mass is 448 g/mol. The number of aromatic hydroxyl groups is 2. The van der Waals surface area contributed by atoms with Crippen LogP contribution in [0, 0.1) is 0 Å². The maximum atomic E-state index is 9.45. The lowest BCUT2D eigenvalue weighted by Crippen LogP contribution is -2.10. The number of phenolic OH excluding ortho intramolecular Hbond substituents is 2. The third kappa shape index (κ3) is 14.1. The van der Waals surface area contributed by atoms with Crippen LogP contribution in [0.25, 0.3) is 0 Å². The molecule has 0 saturated carbocycles. The Morgan fingerprint density at radius 2 is 1.06 bits per heavy atom. The molecule has 2 nitrogen and oxygen atoms in total. The van der Waals surface area contributed by atoms with Crippen LogP contribution in [0.5, 0.6) is 11.5 Å². The van der Waals surface area contributed by atoms with E-state index in [-0.39, 0.29) is 5.41 Å². The summed E-state index contributed by atoms with van der Waals surface area (Å²) in [6.07, 6.45) is 11.1. The third-order valence-electron chi connectivity index (χ3n) is 5.38. The largest absolute Gasteiger partial charge is 0.508 e. The lowest BCUT2D eigenvalue weighted by atomic mass is 9.86. The third-order valence-corrected chi connectivity index (χ3v) is 5.38. The molecule has 0 saturated heterocycles. The van der Waals surface area contributed by atoms with Crippen molar-refractivity contribution in [2.75, 3.05) is 0 Å². The molecule has 0 heterocycles. The van der Waals surface area contributed by atoms with E-state index in [1.54, 1.807) is 30.3 Å². The molecule has 0 aliphatic carbocycles. The molecule has 2 heteroatoms. The van der Waals surface area contributed by atoms with Crippen molar-refractivity contribution in [3.05, 3.63) is 96.1 Å². The fourth-order valence-corrected chi connectivity index (χ4v) is 3.47. The topological polar surface area (TPSA) is 40.5 Å². The van der Waals surface area contributed by atoms with Crippen LogP contribution in [0.3, 0.4) is 0 Å². The van der Waals surface area contributed by atoms with Gasteiger partial charge < -0.3 is 10.2 Å². The molecule has 0 unspecified atom stereocenters. The van der Waals surface area contributed by atoms with Gasteiger partial charge in [-0.15, -0.1) is 0 Å². The van der Waals surface area contributed by atoms with Crippen LogP contribution < -0.4 is 0 Å². The van der Waals surface area contributed by atoms with Gasteiger partial charge in [-0.2, -0.15) is 0 Å². The molecule has 0 aromatic heterocycles. The van der Waals surface area contributed by atoms with Gasteiger partial charge in [0.15, 0.2) is 0 Å². The molecule has 180 valence electrons. The second kappa shape index (κ2) is 16.8.